The summed E-state index contributed by atoms with van der Waals surface area (Å²) in [7, 11) is 0. The number of benzene rings is 1. The SMILES string of the molecule is CCC(=O)NCC(=O)N1CCc2c(ncn2CCc2ccccc2)C1. The second-order valence-corrected chi connectivity index (χ2v) is 6.26. The molecule has 3 rings (SSSR count). The smallest absolute Gasteiger partial charge is 0.242 e. The lowest BCUT2D eigenvalue weighted by Crippen LogP contribution is -2.42. The molecule has 0 radical (unpaired) electrons. The van der Waals surface area contributed by atoms with Crippen LogP contribution in [0.2, 0.25) is 0 Å². The van der Waals surface area contributed by atoms with Gasteiger partial charge in [0.15, 0.2) is 0 Å². The van der Waals surface area contributed by atoms with E-state index in [1.54, 1.807) is 11.8 Å². The molecule has 0 spiro atoms. The number of hydrogen-bond acceptors (Lipinski definition) is 3. The number of aromatic nitrogens is 2. The molecule has 1 aromatic carbocycles. The van der Waals surface area contributed by atoms with Gasteiger partial charge in [-0.25, -0.2) is 4.98 Å². The Morgan fingerprint density at radius 3 is 2.80 bits per heavy atom. The van der Waals surface area contributed by atoms with Gasteiger partial charge < -0.3 is 14.8 Å². The third-order valence-electron chi connectivity index (χ3n) is 4.59. The number of fused-ring (bicyclic) bond motifs is 1. The van der Waals surface area contributed by atoms with Gasteiger partial charge in [0.1, 0.15) is 0 Å². The third-order valence-corrected chi connectivity index (χ3v) is 4.59. The van der Waals surface area contributed by atoms with Crippen LogP contribution in [0.5, 0.6) is 0 Å². The van der Waals surface area contributed by atoms with E-state index >= 15 is 0 Å². The number of nitrogens with one attached hydrogen (secondary N) is 1. The van der Waals surface area contributed by atoms with E-state index in [1.807, 2.05) is 12.4 Å². The van der Waals surface area contributed by atoms with Gasteiger partial charge in [0, 0.05) is 31.6 Å². The fraction of sp³-hybridized carbons (Fsp3) is 0.421. The van der Waals surface area contributed by atoms with E-state index in [2.05, 4.69) is 39.1 Å². The lowest BCUT2D eigenvalue weighted by atomic mass is 10.1. The van der Waals surface area contributed by atoms with E-state index in [0.717, 1.165) is 25.1 Å². The third kappa shape index (κ3) is 4.26. The van der Waals surface area contributed by atoms with Crippen LogP contribution in [0.1, 0.15) is 30.3 Å². The summed E-state index contributed by atoms with van der Waals surface area (Å²) >= 11 is 0. The van der Waals surface area contributed by atoms with Crippen molar-refractivity contribution in [2.75, 3.05) is 13.1 Å². The number of carbonyl (C=O) groups is 2. The average molecular weight is 340 g/mol. The molecule has 1 N–H and O–H groups in total. The van der Waals surface area contributed by atoms with Crippen LogP contribution in [0.25, 0.3) is 0 Å². The molecule has 0 aliphatic carbocycles. The minimum absolute atomic E-state index is 0.0497. The first-order chi connectivity index (χ1) is 12.2. The molecule has 2 amide bonds. The van der Waals surface area contributed by atoms with Crippen molar-refractivity contribution in [3.8, 4) is 0 Å². The standard InChI is InChI=1S/C19H24N4O2/c1-2-18(24)20-12-19(25)22-11-9-17-16(13-22)21-14-23(17)10-8-15-6-4-3-5-7-15/h3-7,14H,2,8-13H2,1H3,(H,20,24). The molecule has 0 saturated heterocycles. The van der Waals surface area contributed by atoms with Crippen LogP contribution in [-0.4, -0.2) is 39.4 Å². The minimum Gasteiger partial charge on any atom is -0.347 e. The number of carbonyl (C=O) groups excluding carboxylic acids is 2. The van der Waals surface area contributed by atoms with Crippen molar-refractivity contribution in [3.05, 3.63) is 53.6 Å². The van der Waals surface area contributed by atoms with E-state index in [1.165, 1.54) is 11.3 Å². The molecule has 1 aliphatic rings. The number of hydrogen-bond donors (Lipinski definition) is 1. The van der Waals surface area contributed by atoms with E-state index in [0.29, 0.717) is 19.5 Å². The summed E-state index contributed by atoms with van der Waals surface area (Å²) in [5, 5.41) is 2.64. The van der Waals surface area contributed by atoms with Gasteiger partial charge in [-0.2, -0.15) is 0 Å². The second kappa shape index (κ2) is 7.96. The number of aryl methyl sites for hydroxylation is 2. The zero-order valence-electron chi connectivity index (χ0n) is 14.6. The summed E-state index contributed by atoms with van der Waals surface area (Å²) in [6.45, 7) is 3.93. The van der Waals surface area contributed by atoms with Gasteiger partial charge in [-0.3, -0.25) is 9.59 Å². The Balaban J connectivity index is 1.57. The molecule has 0 unspecified atom stereocenters. The quantitative estimate of drug-likeness (QED) is 0.867. The van der Waals surface area contributed by atoms with Crippen molar-refractivity contribution in [3.63, 3.8) is 0 Å². The zero-order valence-corrected chi connectivity index (χ0v) is 14.6. The summed E-state index contributed by atoms with van der Waals surface area (Å²) in [6, 6.07) is 10.4. The maximum absolute atomic E-state index is 12.2. The first-order valence-electron chi connectivity index (χ1n) is 8.78. The Labute approximate surface area is 147 Å². The molecule has 0 fully saturated rings. The molecule has 0 bridgehead atoms. The van der Waals surface area contributed by atoms with Crippen molar-refractivity contribution in [2.45, 2.75) is 39.3 Å². The zero-order chi connectivity index (χ0) is 17.6. The first-order valence-corrected chi connectivity index (χ1v) is 8.78. The molecule has 6 nitrogen and oxygen atoms in total. The highest BCUT2D eigenvalue weighted by Crippen LogP contribution is 2.18. The lowest BCUT2D eigenvalue weighted by Gasteiger charge is -2.27. The molecule has 6 heteroatoms. The summed E-state index contributed by atoms with van der Waals surface area (Å²) in [6.07, 6.45) is 4.04. The largest absolute Gasteiger partial charge is 0.347 e. The van der Waals surface area contributed by atoms with E-state index in [-0.39, 0.29) is 18.4 Å². The molecule has 2 aromatic rings. The van der Waals surface area contributed by atoms with Crippen LogP contribution in [-0.2, 0) is 35.5 Å². The fourth-order valence-electron chi connectivity index (χ4n) is 3.08. The predicted molar refractivity (Wildman–Crippen MR) is 94.8 cm³/mol. The molecule has 2 heterocycles. The van der Waals surface area contributed by atoms with Crippen molar-refractivity contribution in [2.24, 2.45) is 0 Å². The highest BCUT2D eigenvalue weighted by Gasteiger charge is 2.24. The highest BCUT2D eigenvalue weighted by atomic mass is 16.2. The van der Waals surface area contributed by atoms with Crippen LogP contribution in [0.4, 0.5) is 0 Å². The van der Waals surface area contributed by atoms with Gasteiger partial charge in [0.25, 0.3) is 0 Å². The van der Waals surface area contributed by atoms with Gasteiger partial charge in [0.2, 0.25) is 11.8 Å². The van der Waals surface area contributed by atoms with E-state index in [9.17, 15) is 9.59 Å². The van der Waals surface area contributed by atoms with Gasteiger partial charge in [-0.15, -0.1) is 0 Å². The number of imidazole rings is 1. The number of rotatable bonds is 6. The summed E-state index contributed by atoms with van der Waals surface area (Å²) in [5.74, 6) is -0.150. The van der Waals surface area contributed by atoms with Gasteiger partial charge in [-0.05, 0) is 12.0 Å². The molecule has 1 aliphatic heterocycles. The molecule has 1 aromatic heterocycles. The molecule has 0 atom stereocenters. The maximum Gasteiger partial charge on any atom is 0.242 e. The van der Waals surface area contributed by atoms with Crippen LogP contribution >= 0.6 is 0 Å². The van der Waals surface area contributed by atoms with E-state index < -0.39 is 0 Å². The average Bonchev–Trinajstić information content (AvgIpc) is 3.07. The molecule has 25 heavy (non-hydrogen) atoms. The topological polar surface area (TPSA) is 67.2 Å². The molecular weight excluding hydrogens is 316 g/mol. The Bertz CT molecular complexity index is 739. The van der Waals surface area contributed by atoms with Gasteiger partial charge in [0.05, 0.1) is 25.1 Å². The van der Waals surface area contributed by atoms with Crippen LogP contribution in [0.15, 0.2) is 36.7 Å². The monoisotopic (exact) mass is 340 g/mol. The highest BCUT2D eigenvalue weighted by molar-refractivity contribution is 5.84. The Morgan fingerprint density at radius 1 is 1.24 bits per heavy atom. The maximum atomic E-state index is 12.2. The van der Waals surface area contributed by atoms with Crippen LogP contribution < -0.4 is 5.32 Å². The number of nitrogens with zero attached hydrogens (tertiary/aromatic N) is 3. The Hall–Kier alpha value is -2.63. The van der Waals surface area contributed by atoms with E-state index in [4.69, 9.17) is 0 Å². The molecular formula is C19H24N4O2. The Kier molecular flexibility index (Phi) is 5.48. The van der Waals surface area contributed by atoms with Gasteiger partial charge in [-0.1, -0.05) is 37.3 Å². The first kappa shape index (κ1) is 17.2. The molecule has 0 saturated carbocycles. The lowest BCUT2D eigenvalue weighted by molar-refractivity contribution is -0.133. The summed E-state index contributed by atoms with van der Waals surface area (Å²) in [4.78, 5) is 29.8. The van der Waals surface area contributed by atoms with Gasteiger partial charge >= 0.3 is 0 Å². The van der Waals surface area contributed by atoms with Crippen molar-refractivity contribution in [1.82, 2.24) is 19.8 Å². The normalized spacial score (nSPS) is 13.4. The predicted octanol–water partition coefficient (Wildman–Crippen LogP) is 1.54. The van der Waals surface area contributed by atoms with Crippen molar-refractivity contribution in [1.29, 1.82) is 0 Å². The van der Waals surface area contributed by atoms with Crippen LogP contribution in [0, 0.1) is 0 Å². The second-order valence-electron chi connectivity index (χ2n) is 6.26. The summed E-state index contributed by atoms with van der Waals surface area (Å²) in [5.41, 5.74) is 3.50. The number of amides is 2. The Morgan fingerprint density at radius 2 is 2.04 bits per heavy atom. The van der Waals surface area contributed by atoms with Crippen molar-refractivity contribution >= 4 is 11.8 Å². The summed E-state index contributed by atoms with van der Waals surface area (Å²) < 4.78 is 2.20. The molecule has 132 valence electrons. The fourth-order valence-corrected chi connectivity index (χ4v) is 3.08. The van der Waals surface area contributed by atoms with Crippen LogP contribution in [0.3, 0.4) is 0 Å². The van der Waals surface area contributed by atoms with Crippen molar-refractivity contribution < 1.29 is 9.59 Å². The minimum atomic E-state index is -0.101.